The SMILES string of the molecule is C=CC(CC)C(C)C(=C)C. The van der Waals surface area contributed by atoms with E-state index in [-0.39, 0.29) is 0 Å². The Labute approximate surface area is 64.6 Å². The number of hydrogen-bond acceptors (Lipinski definition) is 0. The minimum atomic E-state index is 0.586. The zero-order chi connectivity index (χ0) is 8.15. The lowest BCUT2D eigenvalue weighted by molar-refractivity contribution is 0.477. The molecule has 0 heterocycles. The maximum Gasteiger partial charge on any atom is -0.0174 e. The van der Waals surface area contributed by atoms with Crippen LogP contribution < -0.4 is 0 Å². The summed E-state index contributed by atoms with van der Waals surface area (Å²) < 4.78 is 0. The van der Waals surface area contributed by atoms with Crippen molar-refractivity contribution in [3.63, 3.8) is 0 Å². The van der Waals surface area contributed by atoms with E-state index in [9.17, 15) is 0 Å². The van der Waals surface area contributed by atoms with Gasteiger partial charge in [-0.05, 0) is 25.2 Å². The summed E-state index contributed by atoms with van der Waals surface area (Å²) in [5.74, 6) is 1.19. The second-order valence-corrected chi connectivity index (χ2v) is 2.94. The normalized spacial score (nSPS) is 15.9. The van der Waals surface area contributed by atoms with E-state index in [1.165, 1.54) is 5.57 Å². The third-order valence-corrected chi connectivity index (χ3v) is 2.19. The Hall–Kier alpha value is -0.520. The van der Waals surface area contributed by atoms with Crippen LogP contribution in [0.25, 0.3) is 0 Å². The van der Waals surface area contributed by atoms with Gasteiger partial charge in [-0.1, -0.05) is 32.1 Å². The molecule has 0 radical (unpaired) electrons. The molecular weight excluding hydrogens is 120 g/mol. The first kappa shape index (κ1) is 9.48. The van der Waals surface area contributed by atoms with Gasteiger partial charge in [-0.15, -0.1) is 6.58 Å². The Morgan fingerprint density at radius 2 is 2.10 bits per heavy atom. The van der Waals surface area contributed by atoms with E-state index in [0.29, 0.717) is 11.8 Å². The monoisotopic (exact) mass is 138 g/mol. The van der Waals surface area contributed by atoms with Crippen molar-refractivity contribution in [2.75, 3.05) is 0 Å². The molecule has 2 unspecified atom stereocenters. The molecular formula is C10H18. The predicted octanol–water partition coefficient (Wildman–Crippen LogP) is 3.41. The third-order valence-electron chi connectivity index (χ3n) is 2.19. The summed E-state index contributed by atoms with van der Waals surface area (Å²) >= 11 is 0. The topological polar surface area (TPSA) is 0 Å². The molecule has 0 spiro atoms. The van der Waals surface area contributed by atoms with Crippen LogP contribution in [-0.2, 0) is 0 Å². The fourth-order valence-corrected chi connectivity index (χ4v) is 1.09. The smallest absolute Gasteiger partial charge is 0.0174 e. The maximum atomic E-state index is 3.92. The standard InChI is InChI=1S/C10H18/c1-6-10(7-2)9(5)8(3)4/h6,9-10H,1,3,7H2,2,4-5H3. The van der Waals surface area contributed by atoms with E-state index in [2.05, 4.69) is 33.9 Å². The molecule has 0 fully saturated rings. The Balaban J connectivity index is 4.00. The van der Waals surface area contributed by atoms with Crippen LogP contribution in [0.1, 0.15) is 27.2 Å². The molecule has 0 aliphatic heterocycles. The van der Waals surface area contributed by atoms with E-state index in [1.54, 1.807) is 0 Å². The maximum absolute atomic E-state index is 3.92. The zero-order valence-electron chi connectivity index (χ0n) is 7.35. The van der Waals surface area contributed by atoms with Crippen molar-refractivity contribution in [2.24, 2.45) is 11.8 Å². The predicted molar refractivity (Wildman–Crippen MR) is 48.0 cm³/mol. The highest BCUT2D eigenvalue weighted by Gasteiger charge is 2.11. The van der Waals surface area contributed by atoms with Gasteiger partial charge >= 0.3 is 0 Å². The fourth-order valence-electron chi connectivity index (χ4n) is 1.09. The van der Waals surface area contributed by atoms with Crippen molar-refractivity contribution < 1.29 is 0 Å². The van der Waals surface area contributed by atoms with E-state index in [0.717, 1.165) is 6.42 Å². The molecule has 10 heavy (non-hydrogen) atoms. The molecule has 0 amide bonds. The minimum Gasteiger partial charge on any atom is -0.103 e. The fraction of sp³-hybridized carbons (Fsp3) is 0.600. The zero-order valence-corrected chi connectivity index (χ0v) is 7.35. The first-order chi connectivity index (χ1) is 4.63. The average Bonchev–Trinajstić information content (AvgIpc) is 1.90. The second kappa shape index (κ2) is 4.32. The van der Waals surface area contributed by atoms with Crippen molar-refractivity contribution in [1.29, 1.82) is 0 Å². The van der Waals surface area contributed by atoms with Crippen molar-refractivity contribution in [3.8, 4) is 0 Å². The summed E-state index contributed by atoms with van der Waals surface area (Å²) in [5, 5.41) is 0. The number of rotatable bonds is 4. The molecule has 0 aliphatic carbocycles. The molecule has 0 N–H and O–H groups in total. The van der Waals surface area contributed by atoms with Crippen LogP contribution in [0.2, 0.25) is 0 Å². The molecule has 0 bridgehead atoms. The molecule has 0 aliphatic rings. The summed E-state index contributed by atoms with van der Waals surface area (Å²) in [6.07, 6.45) is 3.19. The highest BCUT2D eigenvalue weighted by atomic mass is 14.2. The summed E-state index contributed by atoms with van der Waals surface area (Å²) in [6.45, 7) is 14.2. The van der Waals surface area contributed by atoms with E-state index >= 15 is 0 Å². The molecule has 0 aromatic carbocycles. The molecule has 0 aromatic rings. The van der Waals surface area contributed by atoms with Gasteiger partial charge in [0.15, 0.2) is 0 Å². The number of hydrogen-bond donors (Lipinski definition) is 0. The summed E-state index contributed by atoms with van der Waals surface area (Å²) in [5.41, 5.74) is 1.26. The van der Waals surface area contributed by atoms with Crippen molar-refractivity contribution in [2.45, 2.75) is 27.2 Å². The van der Waals surface area contributed by atoms with E-state index in [1.807, 2.05) is 6.08 Å². The van der Waals surface area contributed by atoms with Crippen molar-refractivity contribution >= 4 is 0 Å². The first-order valence-electron chi connectivity index (χ1n) is 3.91. The average molecular weight is 138 g/mol. The Morgan fingerprint density at radius 3 is 2.20 bits per heavy atom. The summed E-state index contributed by atoms with van der Waals surface area (Å²) in [7, 11) is 0. The van der Waals surface area contributed by atoms with Gasteiger partial charge in [0.2, 0.25) is 0 Å². The van der Waals surface area contributed by atoms with Crippen LogP contribution in [0.3, 0.4) is 0 Å². The lowest BCUT2D eigenvalue weighted by atomic mass is 9.87. The van der Waals surface area contributed by atoms with Gasteiger partial charge in [0.1, 0.15) is 0 Å². The molecule has 0 rings (SSSR count). The lowest BCUT2D eigenvalue weighted by Gasteiger charge is -2.18. The van der Waals surface area contributed by atoms with Gasteiger partial charge in [0.05, 0.1) is 0 Å². The Morgan fingerprint density at radius 1 is 1.60 bits per heavy atom. The highest BCUT2D eigenvalue weighted by Crippen LogP contribution is 2.22. The van der Waals surface area contributed by atoms with Gasteiger partial charge < -0.3 is 0 Å². The Bertz CT molecular complexity index is 122. The molecule has 0 saturated carbocycles. The van der Waals surface area contributed by atoms with Crippen LogP contribution in [0.15, 0.2) is 24.8 Å². The van der Waals surface area contributed by atoms with Gasteiger partial charge in [-0.2, -0.15) is 0 Å². The van der Waals surface area contributed by atoms with Gasteiger partial charge in [0, 0.05) is 0 Å². The Kier molecular flexibility index (Phi) is 4.10. The molecule has 0 aromatic heterocycles. The van der Waals surface area contributed by atoms with E-state index < -0.39 is 0 Å². The van der Waals surface area contributed by atoms with Crippen LogP contribution in [0.4, 0.5) is 0 Å². The van der Waals surface area contributed by atoms with Crippen molar-refractivity contribution in [3.05, 3.63) is 24.8 Å². The largest absolute Gasteiger partial charge is 0.103 e. The molecule has 58 valence electrons. The highest BCUT2D eigenvalue weighted by molar-refractivity contribution is 5.00. The first-order valence-corrected chi connectivity index (χ1v) is 3.91. The number of allylic oxidation sites excluding steroid dienone is 2. The molecule has 2 atom stereocenters. The third kappa shape index (κ3) is 2.38. The van der Waals surface area contributed by atoms with Crippen molar-refractivity contribution in [1.82, 2.24) is 0 Å². The summed E-state index contributed by atoms with van der Waals surface area (Å²) in [6, 6.07) is 0. The van der Waals surface area contributed by atoms with Crippen LogP contribution >= 0.6 is 0 Å². The van der Waals surface area contributed by atoms with Gasteiger partial charge in [-0.3, -0.25) is 0 Å². The second-order valence-electron chi connectivity index (χ2n) is 2.94. The van der Waals surface area contributed by atoms with Crippen LogP contribution in [0.5, 0.6) is 0 Å². The summed E-state index contributed by atoms with van der Waals surface area (Å²) in [4.78, 5) is 0. The molecule has 0 saturated heterocycles. The lowest BCUT2D eigenvalue weighted by Crippen LogP contribution is -2.08. The van der Waals surface area contributed by atoms with Gasteiger partial charge in [-0.25, -0.2) is 0 Å². The van der Waals surface area contributed by atoms with Crippen LogP contribution in [-0.4, -0.2) is 0 Å². The molecule has 0 nitrogen and oxygen atoms in total. The quantitative estimate of drug-likeness (QED) is 0.522. The van der Waals surface area contributed by atoms with Gasteiger partial charge in [0.25, 0.3) is 0 Å². The van der Waals surface area contributed by atoms with E-state index in [4.69, 9.17) is 0 Å². The van der Waals surface area contributed by atoms with Crippen LogP contribution in [0, 0.1) is 11.8 Å². The molecule has 0 heteroatoms. The minimum absolute atomic E-state index is 0.586.